The highest BCUT2D eigenvalue weighted by atomic mass is 16.4. The fourth-order valence-corrected chi connectivity index (χ4v) is 3.26. The molecule has 2 aromatic carbocycles. The first-order valence-electron chi connectivity index (χ1n) is 11.4. The summed E-state index contributed by atoms with van der Waals surface area (Å²) < 4.78 is 0. The summed E-state index contributed by atoms with van der Waals surface area (Å²) in [5.74, 6) is 5.68. The van der Waals surface area contributed by atoms with E-state index in [4.69, 9.17) is 5.11 Å². The Morgan fingerprint density at radius 3 is 2.10 bits per heavy atom. The fourth-order valence-electron chi connectivity index (χ4n) is 3.26. The van der Waals surface area contributed by atoms with Crippen LogP contribution in [-0.4, -0.2) is 11.1 Å². The largest absolute Gasteiger partial charge is 0.478 e. The molecule has 0 atom stereocenters. The van der Waals surface area contributed by atoms with Crippen molar-refractivity contribution in [1.82, 2.24) is 5.32 Å². The van der Waals surface area contributed by atoms with Crippen molar-refractivity contribution in [2.24, 2.45) is 0 Å². The summed E-state index contributed by atoms with van der Waals surface area (Å²) in [6, 6.07) is 16.4. The van der Waals surface area contributed by atoms with E-state index < -0.39 is 5.97 Å². The number of rotatable bonds is 12. The molecule has 3 heteroatoms. The third-order valence-corrected chi connectivity index (χ3v) is 5.20. The summed E-state index contributed by atoms with van der Waals surface area (Å²) in [7, 11) is 0. The summed E-state index contributed by atoms with van der Waals surface area (Å²) in [6.07, 6.45) is 10.5. The van der Waals surface area contributed by atoms with Crippen LogP contribution in [0.1, 0.15) is 81.0 Å². The van der Waals surface area contributed by atoms with Gasteiger partial charge in [-0.15, -0.1) is 0 Å². The lowest BCUT2D eigenvalue weighted by Crippen LogP contribution is -2.12. The van der Waals surface area contributed by atoms with Crippen LogP contribution in [0.25, 0.3) is 6.08 Å². The maximum atomic E-state index is 10.9. The van der Waals surface area contributed by atoms with Crippen molar-refractivity contribution in [2.45, 2.75) is 71.9 Å². The van der Waals surface area contributed by atoms with Crippen molar-refractivity contribution in [1.29, 1.82) is 0 Å². The zero-order chi connectivity index (χ0) is 22.3. The topological polar surface area (TPSA) is 49.3 Å². The van der Waals surface area contributed by atoms with E-state index >= 15 is 0 Å². The minimum absolute atomic E-state index is 0.335. The van der Waals surface area contributed by atoms with Crippen molar-refractivity contribution < 1.29 is 9.90 Å². The van der Waals surface area contributed by atoms with Gasteiger partial charge in [-0.1, -0.05) is 87.3 Å². The molecule has 164 valence electrons. The molecule has 0 aliphatic carbocycles. The molecule has 0 saturated heterocycles. The molecule has 2 N–H and O–H groups in total. The normalized spacial score (nSPS) is 11.1. The first-order chi connectivity index (χ1) is 15.1. The molecule has 0 bridgehead atoms. The minimum atomic E-state index is -0.888. The molecule has 0 aliphatic heterocycles. The summed E-state index contributed by atoms with van der Waals surface area (Å²) in [4.78, 5) is 10.9. The van der Waals surface area contributed by atoms with E-state index in [0.717, 1.165) is 30.6 Å². The number of benzene rings is 2. The lowest BCUT2D eigenvalue weighted by Gasteiger charge is -2.06. The van der Waals surface area contributed by atoms with E-state index in [1.165, 1.54) is 49.7 Å². The predicted octanol–water partition coefficient (Wildman–Crippen LogP) is 6.57. The van der Waals surface area contributed by atoms with Crippen molar-refractivity contribution in [3.05, 3.63) is 76.4 Å². The first-order valence-corrected chi connectivity index (χ1v) is 11.4. The molecule has 0 amide bonds. The highest BCUT2D eigenvalue weighted by Crippen LogP contribution is 2.10. The molecule has 0 fully saturated rings. The summed E-state index contributed by atoms with van der Waals surface area (Å²) in [5, 5.41) is 12.4. The van der Waals surface area contributed by atoms with Gasteiger partial charge < -0.3 is 10.4 Å². The Balaban J connectivity index is 1.70. The number of unbranched alkanes of at least 4 members (excludes halogenated alkanes) is 6. The fraction of sp³-hybridized carbons (Fsp3) is 0.393. The predicted molar refractivity (Wildman–Crippen MR) is 130 cm³/mol. The number of hydrogen-bond donors (Lipinski definition) is 2. The van der Waals surface area contributed by atoms with Crippen molar-refractivity contribution in [3.63, 3.8) is 0 Å². The lowest BCUT2D eigenvalue weighted by molar-refractivity contribution is -0.132. The molecule has 0 heterocycles. The third-order valence-electron chi connectivity index (χ3n) is 5.20. The van der Waals surface area contributed by atoms with Crippen LogP contribution < -0.4 is 5.32 Å². The van der Waals surface area contributed by atoms with E-state index in [9.17, 15) is 4.79 Å². The molecule has 0 aliphatic rings. The molecule has 2 rings (SSSR count). The molecule has 31 heavy (non-hydrogen) atoms. The first kappa shape index (κ1) is 24.4. The molecular formula is C28H35NO2. The quantitative estimate of drug-likeness (QED) is 0.233. The molecule has 0 aromatic heterocycles. The van der Waals surface area contributed by atoms with Crippen LogP contribution in [0.4, 0.5) is 0 Å². The Morgan fingerprint density at radius 2 is 1.48 bits per heavy atom. The molecule has 2 aromatic rings. The van der Waals surface area contributed by atoms with Crippen LogP contribution in [0.2, 0.25) is 0 Å². The van der Waals surface area contributed by atoms with Gasteiger partial charge in [0.15, 0.2) is 0 Å². The summed E-state index contributed by atoms with van der Waals surface area (Å²) in [6.45, 7) is 5.41. The van der Waals surface area contributed by atoms with Gasteiger partial charge in [0, 0.05) is 30.6 Å². The van der Waals surface area contributed by atoms with Gasteiger partial charge in [-0.3, -0.25) is 0 Å². The molecule has 3 nitrogen and oxygen atoms in total. The average Bonchev–Trinajstić information content (AvgIpc) is 2.77. The second-order valence-electron chi connectivity index (χ2n) is 7.99. The van der Waals surface area contributed by atoms with Gasteiger partial charge in [0.25, 0.3) is 0 Å². The maximum absolute atomic E-state index is 10.9. The van der Waals surface area contributed by atoms with E-state index in [2.05, 4.69) is 48.3 Å². The zero-order valence-corrected chi connectivity index (χ0v) is 18.9. The van der Waals surface area contributed by atoms with E-state index in [1.54, 1.807) is 13.0 Å². The number of carboxylic acid groups (broad SMARTS) is 1. The number of nitrogens with one attached hydrogen (secondary N) is 1. The van der Waals surface area contributed by atoms with Crippen LogP contribution in [0.3, 0.4) is 0 Å². The van der Waals surface area contributed by atoms with Crippen LogP contribution >= 0.6 is 0 Å². The number of hydrogen-bond acceptors (Lipinski definition) is 2. The van der Waals surface area contributed by atoms with Crippen molar-refractivity contribution in [2.75, 3.05) is 0 Å². The summed E-state index contributed by atoms with van der Waals surface area (Å²) in [5.41, 5.74) is 4.72. The van der Waals surface area contributed by atoms with Gasteiger partial charge in [-0.25, -0.2) is 4.79 Å². The molecular weight excluding hydrogens is 382 g/mol. The van der Waals surface area contributed by atoms with E-state index in [1.807, 2.05) is 24.3 Å². The molecule has 0 radical (unpaired) electrons. The molecule has 0 spiro atoms. The second kappa shape index (κ2) is 14.2. The Morgan fingerprint density at radius 1 is 0.903 bits per heavy atom. The van der Waals surface area contributed by atoms with Gasteiger partial charge in [0.1, 0.15) is 0 Å². The Bertz CT molecular complexity index is 883. The van der Waals surface area contributed by atoms with Crippen molar-refractivity contribution >= 4 is 12.0 Å². The van der Waals surface area contributed by atoms with Crippen LogP contribution in [0, 0.1) is 11.8 Å². The second-order valence-corrected chi connectivity index (χ2v) is 7.99. The standard InChI is InChI=1S/C28H35NO2/c1-3-4-5-6-7-8-9-10-11-24-12-16-26(17-13-24)21-29-22-27-18-14-25(15-19-27)20-23(2)28(30)31/h12-20,29H,3-9,21-22H2,1-2H3,(H,30,31). The van der Waals surface area contributed by atoms with Gasteiger partial charge >= 0.3 is 5.97 Å². The number of carboxylic acids is 1. The van der Waals surface area contributed by atoms with Crippen LogP contribution in [-0.2, 0) is 17.9 Å². The zero-order valence-electron chi connectivity index (χ0n) is 18.9. The average molecular weight is 418 g/mol. The lowest BCUT2D eigenvalue weighted by atomic mass is 10.1. The highest BCUT2D eigenvalue weighted by molar-refractivity contribution is 5.91. The van der Waals surface area contributed by atoms with Crippen LogP contribution in [0.5, 0.6) is 0 Å². The monoisotopic (exact) mass is 417 g/mol. The SMILES string of the molecule is CCCCCCCCC#Cc1ccc(CNCc2ccc(C=C(C)C(=O)O)cc2)cc1. The Hall–Kier alpha value is -2.83. The highest BCUT2D eigenvalue weighted by Gasteiger charge is 2.00. The van der Waals surface area contributed by atoms with E-state index in [0.29, 0.717) is 5.57 Å². The smallest absolute Gasteiger partial charge is 0.331 e. The summed E-state index contributed by atoms with van der Waals surface area (Å²) >= 11 is 0. The Kier molecular flexibility index (Phi) is 11.2. The van der Waals surface area contributed by atoms with Gasteiger partial charge in [-0.2, -0.15) is 0 Å². The molecule has 0 unspecified atom stereocenters. The molecule has 0 saturated carbocycles. The van der Waals surface area contributed by atoms with Gasteiger partial charge in [0.2, 0.25) is 0 Å². The number of aliphatic carboxylic acids is 1. The van der Waals surface area contributed by atoms with Gasteiger partial charge in [-0.05, 0) is 48.2 Å². The van der Waals surface area contributed by atoms with E-state index in [-0.39, 0.29) is 0 Å². The van der Waals surface area contributed by atoms with Gasteiger partial charge in [0.05, 0.1) is 0 Å². The van der Waals surface area contributed by atoms with Crippen molar-refractivity contribution in [3.8, 4) is 11.8 Å². The number of carbonyl (C=O) groups is 1. The van der Waals surface area contributed by atoms with Crippen LogP contribution in [0.15, 0.2) is 54.1 Å². The third kappa shape index (κ3) is 10.2. The maximum Gasteiger partial charge on any atom is 0.331 e. The minimum Gasteiger partial charge on any atom is -0.478 e. The Labute approximate surface area is 187 Å².